The highest BCUT2D eigenvalue weighted by molar-refractivity contribution is 5.55. The van der Waals surface area contributed by atoms with Crippen molar-refractivity contribution < 1.29 is 4.79 Å². The van der Waals surface area contributed by atoms with Crippen molar-refractivity contribution in [2.45, 2.75) is 6.92 Å². The maximum Gasteiger partial charge on any atom is 0.127 e. The van der Waals surface area contributed by atoms with Crippen LogP contribution < -0.4 is 0 Å². The largest absolute Gasteiger partial charge is 0.233 e. The molecule has 0 amide bonds. The van der Waals surface area contributed by atoms with Crippen LogP contribution in [-0.2, 0) is 4.79 Å². The Balaban J connectivity index is 3.86. The lowest BCUT2D eigenvalue weighted by atomic mass is 10.4. The van der Waals surface area contributed by atoms with Crippen LogP contribution in [0.3, 0.4) is 0 Å². The van der Waals surface area contributed by atoms with Gasteiger partial charge >= 0.3 is 0 Å². The van der Waals surface area contributed by atoms with Gasteiger partial charge in [0.2, 0.25) is 0 Å². The quantitative estimate of drug-likeness (QED) is 0.340. The molecule has 0 aliphatic carbocycles. The van der Waals surface area contributed by atoms with Crippen molar-refractivity contribution >= 4 is 5.94 Å². The maximum absolute atomic E-state index is 9.50. The van der Waals surface area contributed by atoms with Crippen molar-refractivity contribution in [1.82, 2.24) is 0 Å². The van der Waals surface area contributed by atoms with Gasteiger partial charge < -0.3 is 0 Å². The molecule has 0 aliphatic heterocycles. The molecule has 0 spiro atoms. The molecule has 0 aromatic rings. The van der Waals surface area contributed by atoms with Crippen LogP contribution in [0.4, 0.5) is 0 Å². The number of allylic oxidation sites excluding steroid dienone is 2. The summed E-state index contributed by atoms with van der Waals surface area (Å²) in [6.07, 6.45) is 1.47. The van der Waals surface area contributed by atoms with E-state index in [1.165, 1.54) is 6.08 Å². The van der Waals surface area contributed by atoms with Crippen LogP contribution in [0.2, 0.25) is 0 Å². The van der Waals surface area contributed by atoms with Gasteiger partial charge in [-0.2, -0.15) is 0 Å². The molecule has 0 N–H and O–H groups in total. The predicted molar refractivity (Wildman–Crippen MR) is 25.1 cm³/mol. The van der Waals surface area contributed by atoms with Gasteiger partial charge in [0.1, 0.15) is 5.94 Å². The predicted octanol–water partition coefficient (Wildman–Crippen LogP) is 0.950. The molecule has 0 saturated carbocycles. The molecule has 0 atom stereocenters. The summed E-state index contributed by atoms with van der Waals surface area (Å²) in [5.74, 6) is 1.66. The Labute approximate surface area is 37.0 Å². The SMILES string of the molecule is C=CC(C)=C=O. The number of hydrogen-bond donors (Lipinski definition) is 0. The molecule has 0 bridgehead atoms. The fourth-order valence-corrected chi connectivity index (χ4v) is 0.0417. The van der Waals surface area contributed by atoms with Gasteiger partial charge in [0.15, 0.2) is 0 Å². The van der Waals surface area contributed by atoms with E-state index >= 15 is 0 Å². The monoisotopic (exact) mass is 82.0 g/mol. The van der Waals surface area contributed by atoms with E-state index < -0.39 is 0 Å². The van der Waals surface area contributed by atoms with Crippen LogP contribution in [0.25, 0.3) is 0 Å². The Morgan fingerprint density at radius 1 is 2.00 bits per heavy atom. The third kappa shape index (κ3) is 1.50. The molecule has 6 heavy (non-hydrogen) atoms. The zero-order valence-electron chi connectivity index (χ0n) is 3.69. The summed E-state index contributed by atoms with van der Waals surface area (Å²) < 4.78 is 0. The minimum atomic E-state index is 0.551. The summed E-state index contributed by atoms with van der Waals surface area (Å²) in [5.41, 5.74) is 0.551. The van der Waals surface area contributed by atoms with Gasteiger partial charge in [-0.25, -0.2) is 4.79 Å². The smallest absolute Gasteiger partial charge is 0.127 e. The molecule has 0 radical (unpaired) electrons. The van der Waals surface area contributed by atoms with Crippen molar-refractivity contribution in [1.29, 1.82) is 0 Å². The van der Waals surface area contributed by atoms with E-state index in [1.54, 1.807) is 12.9 Å². The second-order valence-electron chi connectivity index (χ2n) is 0.989. The van der Waals surface area contributed by atoms with Crippen LogP contribution in [0.15, 0.2) is 18.2 Å². The number of hydrogen-bond acceptors (Lipinski definition) is 1. The standard InChI is InChI=1S/C5H6O/c1-3-5(2)4-6/h3H,1H2,2H3. The van der Waals surface area contributed by atoms with Gasteiger partial charge in [0.05, 0.1) is 0 Å². The third-order valence-corrected chi connectivity index (χ3v) is 0.467. The van der Waals surface area contributed by atoms with Crippen LogP contribution in [0, 0.1) is 0 Å². The highest BCUT2D eigenvalue weighted by Crippen LogP contribution is 1.79. The van der Waals surface area contributed by atoms with E-state index in [2.05, 4.69) is 6.58 Å². The highest BCUT2D eigenvalue weighted by atomic mass is 16.1. The van der Waals surface area contributed by atoms with Gasteiger partial charge in [-0.15, -0.1) is 0 Å². The van der Waals surface area contributed by atoms with Gasteiger partial charge in [-0.3, -0.25) is 0 Å². The molecule has 0 rings (SSSR count). The molecule has 0 aromatic heterocycles. The van der Waals surface area contributed by atoms with E-state index in [0.717, 1.165) is 0 Å². The zero-order chi connectivity index (χ0) is 4.99. The number of rotatable bonds is 1. The first-order valence-electron chi connectivity index (χ1n) is 1.65. The van der Waals surface area contributed by atoms with Gasteiger partial charge in [-0.05, 0) is 6.92 Å². The van der Waals surface area contributed by atoms with E-state index in [4.69, 9.17) is 0 Å². The van der Waals surface area contributed by atoms with Crippen LogP contribution in [0.5, 0.6) is 0 Å². The second-order valence-corrected chi connectivity index (χ2v) is 0.989. The molecule has 0 unspecified atom stereocenters. The van der Waals surface area contributed by atoms with Gasteiger partial charge in [0.25, 0.3) is 0 Å². The zero-order valence-corrected chi connectivity index (χ0v) is 3.69. The molecule has 0 aliphatic rings. The maximum atomic E-state index is 9.50. The van der Waals surface area contributed by atoms with Crippen molar-refractivity contribution in [3.8, 4) is 0 Å². The van der Waals surface area contributed by atoms with Crippen LogP contribution in [0.1, 0.15) is 6.92 Å². The minimum Gasteiger partial charge on any atom is -0.233 e. The molecule has 0 heterocycles. The normalized spacial score (nSPS) is 6.17. The first-order valence-corrected chi connectivity index (χ1v) is 1.65. The Kier molecular flexibility index (Phi) is 2.10. The fraction of sp³-hybridized carbons (Fsp3) is 0.200. The molecule has 0 saturated heterocycles. The Bertz CT molecular complexity index is 96.5. The van der Waals surface area contributed by atoms with E-state index in [0.29, 0.717) is 5.57 Å². The van der Waals surface area contributed by atoms with Crippen molar-refractivity contribution in [3.05, 3.63) is 18.2 Å². The molecule has 0 aromatic carbocycles. The second kappa shape index (κ2) is 2.43. The van der Waals surface area contributed by atoms with Crippen molar-refractivity contribution in [2.75, 3.05) is 0 Å². The minimum absolute atomic E-state index is 0.551. The summed E-state index contributed by atoms with van der Waals surface area (Å²) in [4.78, 5) is 9.50. The topological polar surface area (TPSA) is 17.1 Å². The summed E-state index contributed by atoms with van der Waals surface area (Å²) in [7, 11) is 0. The summed E-state index contributed by atoms with van der Waals surface area (Å²) in [5, 5.41) is 0. The van der Waals surface area contributed by atoms with Gasteiger partial charge in [0, 0.05) is 5.57 Å². The van der Waals surface area contributed by atoms with Crippen LogP contribution >= 0.6 is 0 Å². The lowest BCUT2D eigenvalue weighted by Crippen LogP contribution is -1.60. The summed E-state index contributed by atoms with van der Waals surface area (Å²) >= 11 is 0. The Morgan fingerprint density at radius 2 is 2.50 bits per heavy atom. The average Bonchev–Trinajstić information content (AvgIpc) is 1.65. The third-order valence-electron chi connectivity index (χ3n) is 0.467. The summed E-state index contributed by atoms with van der Waals surface area (Å²) in [6.45, 7) is 4.98. The van der Waals surface area contributed by atoms with Gasteiger partial charge in [-0.1, -0.05) is 12.7 Å². The van der Waals surface area contributed by atoms with Crippen LogP contribution in [-0.4, -0.2) is 5.94 Å². The Hall–Kier alpha value is -0.810. The first-order chi connectivity index (χ1) is 2.81. The highest BCUT2D eigenvalue weighted by Gasteiger charge is 1.69. The molecule has 1 heteroatoms. The molecule has 1 nitrogen and oxygen atoms in total. The molecular weight excluding hydrogens is 76.1 g/mol. The average molecular weight is 82.1 g/mol. The molecule has 0 fully saturated rings. The van der Waals surface area contributed by atoms with E-state index in [9.17, 15) is 4.79 Å². The summed E-state index contributed by atoms with van der Waals surface area (Å²) in [6, 6.07) is 0. The van der Waals surface area contributed by atoms with E-state index in [-0.39, 0.29) is 0 Å². The number of carbonyl (C=O) groups excluding carboxylic acids is 1. The fourth-order valence-electron chi connectivity index (χ4n) is 0.0417. The van der Waals surface area contributed by atoms with Crippen molar-refractivity contribution in [3.63, 3.8) is 0 Å². The molecule has 32 valence electrons. The first kappa shape index (κ1) is 5.19. The lowest BCUT2D eigenvalue weighted by Gasteiger charge is -1.68. The lowest BCUT2D eigenvalue weighted by molar-refractivity contribution is 0.567. The van der Waals surface area contributed by atoms with Crippen molar-refractivity contribution in [2.24, 2.45) is 0 Å². The Morgan fingerprint density at radius 3 is 2.50 bits per heavy atom. The molecular formula is C5H6O. The van der Waals surface area contributed by atoms with E-state index in [1.807, 2.05) is 0 Å².